The Labute approximate surface area is 200 Å². The van der Waals surface area contributed by atoms with E-state index in [-0.39, 0.29) is 31.8 Å². The molecule has 0 bridgehead atoms. The number of halogens is 3. The van der Waals surface area contributed by atoms with Crippen LogP contribution >= 0.6 is 0 Å². The number of amides is 2. The van der Waals surface area contributed by atoms with Crippen LogP contribution in [0.1, 0.15) is 31.7 Å². The lowest BCUT2D eigenvalue weighted by atomic mass is 10.1. The van der Waals surface area contributed by atoms with Gasteiger partial charge in [-0.25, -0.2) is 0 Å². The molecule has 11 heteroatoms. The largest absolute Gasteiger partial charge is 0.494 e. The molecule has 0 aliphatic heterocycles. The third kappa shape index (κ3) is 7.29. The molecule has 1 heterocycles. The quantitative estimate of drug-likeness (QED) is 0.446. The molecule has 0 aliphatic rings. The summed E-state index contributed by atoms with van der Waals surface area (Å²) in [4.78, 5) is 28.9. The van der Waals surface area contributed by atoms with E-state index in [1.165, 1.54) is 13.0 Å². The fourth-order valence-electron chi connectivity index (χ4n) is 3.26. The minimum atomic E-state index is -4.94. The first-order valence-electron chi connectivity index (χ1n) is 11.0. The highest BCUT2D eigenvalue weighted by atomic mass is 19.4. The van der Waals surface area contributed by atoms with Gasteiger partial charge in [0, 0.05) is 37.2 Å². The summed E-state index contributed by atoms with van der Waals surface area (Å²) in [5.74, 6) is -0.817. The molecule has 0 fully saturated rings. The van der Waals surface area contributed by atoms with Crippen LogP contribution in [0, 0.1) is 0 Å². The highest BCUT2D eigenvalue weighted by Gasteiger charge is 2.41. The van der Waals surface area contributed by atoms with Crippen LogP contribution in [0.5, 0.6) is 5.75 Å². The van der Waals surface area contributed by atoms with Crippen molar-refractivity contribution in [2.45, 2.75) is 39.4 Å². The Hall–Kier alpha value is -3.89. The van der Waals surface area contributed by atoms with Crippen LogP contribution in [0.25, 0.3) is 11.4 Å². The Bertz CT molecular complexity index is 1150. The second kappa shape index (κ2) is 11.5. The minimum absolute atomic E-state index is 0.0583. The van der Waals surface area contributed by atoms with Gasteiger partial charge in [-0.15, -0.1) is 0 Å². The number of rotatable bonds is 10. The molecule has 3 aromatic rings. The van der Waals surface area contributed by atoms with Gasteiger partial charge in [-0.2, -0.15) is 18.2 Å². The SMILES string of the molecule is CCOc1ccc(-c2noc(CCC(=O)Nc3cccc(CN(CC)C(=O)C(F)(F)F)c3)n2)cc1. The molecule has 0 atom stereocenters. The first-order chi connectivity index (χ1) is 16.7. The Kier molecular flexibility index (Phi) is 8.45. The molecule has 2 amide bonds. The number of anilines is 1. The number of hydrogen-bond acceptors (Lipinski definition) is 6. The molecule has 8 nitrogen and oxygen atoms in total. The van der Waals surface area contributed by atoms with E-state index in [1.807, 2.05) is 6.92 Å². The van der Waals surface area contributed by atoms with Gasteiger partial charge < -0.3 is 19.5 Å². The second-order valence-corrected chi connectivity index (χ2v) is 7.53. The maximum absolute atomic E-state index is 12.7. The third-order valence-electron chi connectivity index (χ3n) is 4.95. The second-order valence-electron chi connectivity index (χ2n) is 7.53. The predicted molar refractivity (Wildman–Crippen MR) is 121 cm³/mol. The van der Waals surface area contributed by atoms with Crippen molar-refractivity contribution in [2.75, 3.05) is 18.5 Å². The number of ether oxygens (including phenoxy) is 1. The zero-order valence-electron chi connectivity index (χ0n) is 19.3. The van der Waals surface area contributed by atoms with Gasteiger partial charge in [0.05, 0.1) is 6.61 Å². The highest BCUT2D eigenvalue weighted by molar-refractivity contribution is 5.90. The molecule has 1 aromatic heterocycles. The van der Waals surface area contributed by atoms with E-state index in [0.717, 1.165) is 11.3 Å². The van der Waals surface area contributed by atoms with E-state index in [2.05, 4.69) is 15.5 Å². The van der Waals surface area contributed by atoms with Gasteiger partial charge in [0.2, 0.25) is 17.6 Å². The normalized spacial score (nSPS) is 11.2. The number of aromatic nitrogens is 2. The van der Waals surface area contributed by atoms with Gasteiger partial charge in [-0.05, 0) is 55.8 Å². The first-order valence-corrected chi connectivity index (χ1v) is 11.0. The van der Waals surface area contributed by atoms with Crippen molar-refractivity contribution >= 4 is 17.5 Å². The standard InChI is InChI=1S/C24H25F3N4O4/c1-3-31(23(33)24(25,26)27)15-16-6-5-7-18(14-16)28-20(32)12-13-21-29-22(30-35-21)17-8-10-19(11-9-17)34-4-2/h5-11,14H,3-4,12-13,15H2,1-2H3,(H,28,32). The fourth-order valence-corrected chi connectivity index (χ4v) is 3.26. The van der Waals surface area contributed by atoms with Gasteiger partial charge in [0.1, 0.15) is 5.75 Å². The molecule has 3 rings (SSSR count). The summed E-state index contributed by atoms with van der Waals surface area (Å²) in [6.45, 7) is 3.60. The van der Waals surface area contributed by atoms with E-state index in [0.29, 0.717) is 34.5 Å². The van der Waals surface area contributed by atoms with Crippen molar-refractivity contribution in [3.05, 3.63) is 60.0 Å². The van der Waals surface area contributed by atoms with E-state index < -0.39 is 12.1 Å². The molecule has 35 heavy (non-hydrogen) atoms. The maximum Gasteiger partial charge on any atom is 0.471 e. The van der Waals surface area contributed by atoms with E-state index in [9.17, 15) is 22.8 Å². The van der Waals surface area contributed by atoms with Crippen LogP contribution in [0.3, 0.4) is 0 Å². The molecular weight excluding hydrogens is 465 g/mol. The van der Waals surface area contributed by atoms with Crippen LogP contribution in [0.2, 0.25) is 0 Å². The lowest BCUT2D eigenvalue weighted by Gasteiger charge is -2.22. The van der Waals surface area contributed by atoms with E-state index in [4.69, 9.17) is 9.26 Å². The number of nitrogens with zero attached hydrogens (tertiary/aromatic N) is 3. The van der Waals surface area contributed by atoms with Gasteiger partial charge in [-0.3, -0.25) is 9.59 Å². The number of carbonyl (C=O) groups excluding carboxylic acids is 2. The molecule has 2 aromatic carbocycles. The average molecular weight is 490 g/mol. The van der Waals surface area contributed by atoms with Gasteiger partial charge in [-0.1, -0.05) is 17.3 Å². The lowest BCUT2D eigenvalue weighted by Crippen LogP contribution is -2.40. The number of carbonyl (C=O) groups is 2. The van der Waals surface area contributed by atoms with Crippen molar-refractivity contribution in [1.29, 1.82) is 0 Å². The number of aryl methyl sites for hydroxylation is 1. The minimum Gasteiger partial charge on any atom is -0.494 e. The number of alkyl halides is 3. The number of benzene rings is 2. The van der Waals surface area contributed by atoms with Crippen molar-refractivity contribution in [1.82, 2.24) is 15.0 Å². The smallest absolute Gasteiger partial charge is 0.471 e. The third-order valence-corrected chi connectivity index (χ3v) is 4.95. The van der Waals surface area contributed by atoms with Crippen LogP contribution in [0.4, 0.5) is 18.9 Å². The van der Waals surface area contributed by atoms with Gasteiger partial charge >= 0.3 is 12.1 Å². The number of hydrogen-bond donors (Lipinski definition) is 1. The summed E-state index contributed by atoms with van der Waals surface area (Å²) < 4.78 is 48.8. The Balaban J connectivity index is 1.54. The summed E-state index contributed by atoms with van der Waals surface area (Å²) in [6.07, 6.45) is -4.68. The first kappa shape index (κ1) is 25.7. The number of nitrogens with one attached hydrogen (secondary N) is 1. The monoisotopic (exact) mass is 490 g/mol. The van der Waals surface area contributed by atoms with Gasteiger partial charge in [0.15, 0.2) is 0 Å². The summed E-state index contributed by atoms with van der Waals surface area (Å²) in [5, 5.41) is 6.62. The Morgan fingerprint density at radius 1 is 1.11 bits per heavy atom. The molecule has 1 N–H and O–H groups in total. The van der Waals surface area contributed by atoms with Crippen molar-refractivity contribution in [2.24, 2.45) is 0 Å². The van der Waals surface area contributed by atoms with Gasteiger partial charge in [0.25, 0.3) is 0 Å². The molecule has 0 aliphatic carbocycles. The van der Waals surface area contributed by atoms with Crippen LogP contribution in [0.15, 0.2) is 53.1 Å². The molecular formula is C24H25F3N4O4. The molecule has 0 spiro atoms. The zero-order valence-corrected chi connectivity index (χ0v) is 19.3. The average Bonchev–Trinajstić information content (AvgIpc) is 3.30. The molecule has 0 unspecified atom stereocenters. The van der Waals surface area contributed by atoms with Crippen molar-refractivity contribution in [3.8, 4) is 17.1 Å². The molecule has 0 radical (unpaired) electrons. The van der Waals surface area contributed by atoms with E-state index >= 15 is 0 Å². The van der Waals surface area contributed by atoms with Crippen molar-refractivity contribution in [3.63, 3.8) is 0 Å². The van der Waals surface area contributed by atoms with Crippen molar-refractivity contribution < 1.29 is 32.0 Å². The van der Waals surface area contributed by atoms with Crippen LogP contribution in [-0.4, -0.2) is 46.2 Å². The Morgan fingerprint density at radius 2 is 1.86 bits per heavy atom. The summed E-state index contributed by atoms with van der Waals surface area (Å²) in [5.41, 5.74) is 1.61. The van der Waals surface area contributed by atoms with Crippen LogP contribution in [-0.2, 0) is 22.6 Å². The zero-order chi connectivity index (χ0) is 25.4. The highest BCUT2D eigenvalue weighted by Crippen LogP contribution is 2.22. The summed E-state index contributed by atoms with van der Waals surface area (Å²) >= 11 is 0. The maximum atomic E-state index is 12.7. The molecule has 0 saturated heterocycles. The lowest BCUT2D eigenvalue weighted by molar-refractivity contribution is -0.185. The Morgan fingerprint density at radius 3 is 2.51 bits per heavy atom. The summed E-state index contributed by atoms with van der Waals surface area (Å²) in [7, 11) is 0. The topological polar surface area (TPSA) is 97.6 Å². The van der Waals surface area contributed by atoms with Crippen LogP contribution < -0.4 is 10.1 Å². The predicted octanol–water partition coefficient (Wildman–Crippen LogP) is 4.62. The fraction of sp³-hybridized carbons (Fsp3) is 0.333. The summed E-state index contributed by atoms with van der Waals surface area (Å²) in [6, 6.07) is 13.5. The molecule has 186 valence electrons. The van der Waals surface area contributed by atoms with E-state index in [1.54, 1.807) is 42.5 Å². The molecule has 0 saturated carbocycles.